The van der Waals surface area contributed by atoms with Gasteiger partial charge in [-0.25, -0.2) is 9.69 Å². The van der Waals surface area contributed by atoms with Crippen molar-refractivity contribution in [2.45, 2.75) is 33.1 Å². The first-order chi connectivity index (χ1) is 9.84. The first-order valence-electron chi connectivity index (χ1n) is 6.83. The van der Waals surface area contributed by atoms with Crippen LogP contribution in [0.5, 0.6) is 0 Å². The van der Waals surface area contributed by atoms with Gasteiger partial charge in [-0.3, -0.25) is 5.43 Å². The Morgan fingerprint density at radius 1 is 1.24 bits per heavy atom. The van der Waals surface area contributed by atoms with Crippen LogP contribution in [-0.2, 0) is 10.2 Å². The number of hydrazone groups is 1. The number of carbonyl (C=O) groups is 1. The Morgan fingerprint density at radius 3 is 2.38 bits per heavy atom. The Kier molecular flexibility index (Phi) is 4.02. The van der Waals surface area contributed by atoms with Gasteiger partial charge < -0.3 is 4.74 Å². The van der Waals surface area contributed by atoms with Crippen molar-refractivity contribution < 1.29 is 9.53 Å². The minimum atomic E-state index is -0.455. The van der Waals surface area contributed by atoms with E-state index in [0.717, 1.165) is 11.3 Å². The average Bonchev–Trinajstić information content (AvgIpc) is 2.45. The second kappa shape index (κ2) is 5.60. The highest BCUT2D eigenvalue weighted by Crippen LogP contribution is 2.23. The van der Waals surface area contributed by atoms with Crippen molar-refractivity contribution >= 4 is 11.9 Å². The fraction of sp³-hybridized carbons (Fsp3) is 0.375. The predicted octanol–water partition coefficient (Wildman–Crippen LogP) is 3.18. The molecular formula is C16H21N3O2. The van der Waals surface area contributed by atoms with Gasteiger partial charge in [-0.1, -0.05) is 45.0 Å². The molecule has 112 valence electrons. The van der Waals surface area contributed by atoms with Crippen LogP contribution >= 0.6 is 0 Å². The molecule has 1 heterocycles. The molecule has 1 aliphatic rings. The molecule has 5 heteroatoms. The van der Waals surface area contributed by atoms with E-state index in [4.69, 9.17) is 4.74 Å². The SMILES string of the molecule is COC(=O)N1C(C)=CNN=C1c1ccc(C(C)(C)C)cc1. The van der Waals surface area contributed by atoms with Gasteiger partial charge in [0.2, 0.25) is 0 Å². The van der Waals surface area contributed by atoms with Gasteiger partial charge in [-0.2, -0.15) is 5.10 Å². The van der Waals surface area contributed by atoms with Crippen LogP contribution in [-0.4, -0.2) is 23.9 Å². The first kappa shape index (κ1) is 15.1. The van der Waals surface area contributed by atoms with Crippen molar-refractivity contribution in [3.05, 3.63) is 47.3 Å². The molecule has 0 bridgehead atoms. The summed E-state index contributed by atoms with van der Waals surface area (Å²) in [5.41, 5.74) is 5.71. The van der Waals surface area contributed by atoms with Crippen LogP contribution in [0.15, 0.2) is 41.3 Å². The van der Waals surface area contributed by atoms with Crippen LogP contribution in [0.3, 0.4) is 0 Å². The topological polar surface area (TPSA) is 53.9 Å². The van der Waals surface area contributed by atoms with Gasteiger partial charge in [0.05, 0.1) is 7.11 Å². The van der Waals surface area contributed by atoms with E-state index in [1.807, 2.05) is 19.1 Å². The summed E-state index contributed by atoms with van der Waals surface area (Å²) >= 11 is 0. The molecule has 0 aromatic heterocycles. The van der Waals surface area contributed by atoms with E-state index in [2.05, 4.69) is 43.4 Å². The van der Waals surface area contributed by atoms with Gasteiger partial charge in [0.25, 0.3) is 0 Å². The van der Waals surface area contributed by atoms with E-state index >= 15 is 0 Å². The number of hydrogen-bond donors (Lipinski definition) is 1. The molecule has 0 unspecified atom stereocenters. The number of amides is 1. The van der Waals surface area contributed by atoms with Crippen LogP contribution in [0.4, 0.5) is 4.79 Å². The Bertz CT molecular complexity index is 595. The average molecular weight is 287 g/mol. The third kappa shape index (κ3) is 3.07. The Balaban J connectivity index is 2.36. The number of ether oxygens (including phenoxy) is 1. The molecular weight excluding hydrogens is 266 g/mol. The number of allylic oxidation sites excluding steroid dienone is 1. The van der Waals surface area contributed by atoms with Gasteiger partial charge in [0.1, 0.15) is 0 Å². The number of nitrogens with one attached hydrogen (secondary N) is 1. The summed E-state index contributed by atoms with van der Waals surface area (Å²) in [5, 5.41) is 4.21. The lowest BCUT2D eigenvalue weighted by Crippen LogP contribution is -2.39. The fourth-order valence-electron chi connectivity index (χ4n) is 2.10. The number of methoxy groups -OCH3 is 1. The van der Waals surface area contributed by atoms with E-state index < -0.39 is 6.09 Å². The van der Waals surface area contributed by atoms with E-state index in [9.17, 15) is 4.79 Å². The maximum Gasteiger partial charge on any atom is 0.419 e. The minimum absolute atomic E-state index is 0.0863. The number of amidine groups is 1. The molecule has 0 saturated heterocycles. The molecule has 1 amide bonds. The third-order valence-electron chi connectivity index (χ3n) is 3.37. The monoisotopic (exact) mass is 287 g/mol. The maximum absolute atomic E-state index is 11.9. The highest BCUT2D eigenvalue weighted by Gasteiger charge is 2.26. The third-order valence-corrected chi connectivity index (χ3v) is 3.37. The van der Waals surface area contributed by atoms with Crippen molar-refractivity contribution in [2.24, 2.45) is 5.10 Å². The second-order valence-electron chi connectivity index (χ2n) is 5.98. The minimum Gasteiger partial charge on any atom is -0.452 e. The van der Waals surface area contributed by atoms with Crippen molar-refractivity contribution in [3.63, 3.8) is 0 Å². The predicted molar refractivity (Wildman–Crippen MR) is 82.8 cm³/mol. The molecule has 0 radical (unpaired) electrons. The van der Waals surface area contributed by atoms with Crippen LogP contribution in [0, 0.1) is 0 Å². The fourth-order valence-corrected chi connectivity index (χ4v) is 2.10. The lowest BCUT2D eigenvalue weighted by atomic mass is 9.86. The standard InChI is InChI=1S/C16H21N3O2/c1-11-10-17-18-14(19(11)15(20)21-5)12-6-8-13(9-7-12)16(2,3)4/h6-10,17H,1-5H3. The molecule has 21 heavy (non-hydrogen) atoms. The molecule has 0 saturated carbocycles. The molecule has 2 rings (SSSR count). The van der Waals surface area contributed by atoms with Crippen LogP contribution in [0.2, 0.25) is 0 Å². The van der Waals surface area contributed by atoms with Crippen molar-refractivity contribution in [3.8, 4) is 0 Å². The van der Waals surface area contributed by atoms with Gasteiger partial charge in [0.15, 0.2) is 5.84 Å². The largest absolute Gasteiger partial charge is 0.452 e. The molecule has 0 atom stereocenters. The number of carbonyl (C=O) groups excluding carboxylic acids is 1. The summed E-state index contributed by atoms with van der Waals surface area (Å²) in [4.78, 5) is 13.4. The van der Waals surface area contributed by atoms with Crippen LogP contribution in [0.1, 0.15) is 38.8 Å². The zero-order valence-electron chi connectivity index (χ0n) is 13.1. The van der Waals surface area contributed by atoms with E-state index in [-0.39, 0.29) is 5.41 Å². The van der Waals surface area contributed by atoms with E-state index in [1.54, 1.807) is 6.20 Å². The summed E-state index contributed by atoms with van der Waals surface area (Å²) in [6.07, 6.45) is 1.20. The summed E-state index contributed by atoms with van der Waals surface area (Å²) < 4.78 is 4.83. The smallest absolute Gasteiger partial charge is 0.419 e. The molecule has 0 aliphatic carbocycles. The Hall–Kier alpha value is -2.30. The van der Waals surface area contributed by atoms with Gasteiger partial charge in [-0.15, -0.1) is 0 Å². The van der Waals surface area contributed by atoms with Crippen molar-refractivity contribution in [2.75, 3.05) is 7.11 Å². The van der Waals surface area contributed by atoms with E-state index in [1.165, 1.54) is 17.6 Å². The molecule has 5 nitrogen and oxygen atoms in total. The van der Waals surface area contributed by atoms with Crippen molar-refractivity contribution in [1.29, 1.82) is 0 Å². The molecule has 1 N–H and O–H groups in total. The molecule has 0 fully saturated rings. The Labute approximate surface area is 125 Å². The van der Waals surface area contributed by atoms with Gasteiger partial charge in [0, 0.05) is 17.5 Å². The highest BCUT2D eigenvalue weighted by atomic mass is 16.5. The number of nitrogens with zero attached hydrogens (tertiary/aromatic N) is 2. The lowest BCUT2D eigenvalue weighted by Gasteiger charge is -2.26. The van der Waals surface area contributed by atoms with Crippen molar-refractivity contribution in [1.82, 2.24) is 10.3 Å². The first-order valence-corrected chi connectivity index (χ1v) is 6.83. The maximum atomic E-state index is 11.9. The van der Waals surface area contributed by atoms with Crippen LogP contribution < -0.4 is 5.43 Å². The molecule has 1 aromatic carbocycles. The molecule has 1 aromatic rings. The van der Waals surface area contributed by atoms with Gasteiger partial charge in [-0.05, 0) is 17.9 Å². The number of hydrogen-bond acceptors (Lipinski definition) is 4. The Morgan fingerprint density at radius 2 is 1.86 bits per heavy atom. The summed E-state index contributed by atoms with van der Waals surface area (Å²) in [5.74, 6) is 0.530. The van der Waals surface area contributed by atoms with Crippen LogP contribution in [0.25, 0.3) is 0 Å². The summed E-state index contributed by atoms with van der Waals surface area (Å²) in [6, 6.07) is 8.05. The lowest BCUT2D eigenvalue weighted by molar-refractivity contribution is 0.153. The molecule has 1 aliphatic heterocycles. The highest BCUT2D eigenvalue weighted by molar-refractivity contribution is 6.08. The second-order valence-corrected chi connectivity index (χ2v) is 5.98. The zero-order valence-corrected chi connectivity index (χ0v) is 13.1. The number of benzene rings is 1. The number of rotatable bonds is 1. The van der Waals surface area contributed by atoms with E-state index in [0.29, 0.717) is 5.84 Å². The molecule has 0 spiro atoms. The normalized spacial score (nSPS) is 15.0. The summed E-state index contributed by atoms with van der Waals surface area (Å²) in [6.45, 7) is 8.31. The quantitative estimate of drug-likeness (QED) is 0.863. The van der Waals surface area contributed by atoms with Gasteiger partial charge >= 0.3 is 6.09 Å². The summed E-state index contributed by atoms with van der Waals surface area (Å²) in [7, 11) is 1.36. The zero-order chi connectivity index (χ0) is 15.6.